The molecule has 0 bridgehead atoms. The van der Waals surface area contributed by atoms with E-state index >= 15 is 0 Å². The molecule has 0 aliphatic heterocycles. The highest BCUT2D eigenvalue weighted by atomic mass is 127. The molecule has 0 atom stereocenters. The van der Waals surface area contributed by atoms with Crippen molar-refractivity contribution in [2.75, 3.05) is 0 Å². The zero-order chi connectivity index (χ0) is 12.9. The smallest absolute Gasteiger partial charge is 0.153 e. The molecule has 0 aromatic heterocycles. The Hall–Kier alpha value is -0.950. The van der Waals surface area contributed by atoms with Crippen LogP contribution in [0.2, 0.25) is 0 Å². The Morgan fingerprint density at radius 1 is 1.22 bits per heavy atom. The molecule has 0 aliphatic carbocycles. The topological polar surface area (TPSA) is 71.0 Å². The third kappa shape index (κ3) is 6.70. The van der Waals surface area contributed by atoms with Gasteiger partial charge in [-0.1, -0.05) is 30.3 Å². The standard InChI is InChI=1S/C13H19N3O.HI/c1-10(9-13(2,3)17)15-16-12(14)11-7-5-4-6-8-11;/h4-8,17H,9H2,1-3H3,(H2,14,16);1H/b15-10+;. The molecule has 0 radical (unpaired) electrons. The summed E-state index contributed by atoms with van der Waals surface area (Å²) in [6, 6.07) is 9.45. The fourth-order valence-corrected chi connectivity index (χ4v) is 1.47. The second-order valence-corrected chi connectivity index (χ2v) is 4.68. The highest BCUT2D eigenvalue weighted by Crippen LogP contribution is 2.08. The number of hydrogen-bond donors (Lipinski definition) is 2. The van der Waals surface area contributed by atoms with Gasteiger partial charge in [0.1, 0.15) is 0 Å². The van der Waals surface area contributed by atoms with Gasteiger partial charge in [-0.15, -0.1) is 29.1 Å². The molecule has 0 saturated carbocycles. The van der Waals surface area contributed by atoms with Crippen LogP contribution in [0.4, 0.5) is 0 Å². The van der Waals surface area contributed by atoms with E-state index in [9.17, 15) is 5.11 Å². The molecule has 0 saturated heterocycles. The van der Waals surface area contributed by atoms with Gasteiger partial charge in [-0.2, -0.15) is 5.10 Å². The van der Waals surface area contributed by atoms with E-state index in [4.69, 9.17) is 5.73 Å². The summed E-state index contributed by atoms with van der Waals surface area (Å²) in [6.07, 6.45) is 0.471. The lowest BCUT2D eigenvalue weighted by molar-refractivity contribution is 0.0884. The molecule has 5 heteroatoms. The Morgan fingerprint density at radius 2 is 1.78 bits per heavy atom. The maximum atomic E-state index is 9.61. The lowest BCUT2D eigenvalue weighted by atomic mass is 10.0. The molecule has 0 unspecified atom stereocenters. The van der Waals surface area contributed by atoms with Crippen molar-refractivity contribution in [3.05, 3.63) is 35.9 Å². The van der Waals surface area contributed by atoms with Crippen LogP contribution in [-0.4, -0.2) is 22.3 Å². The SMILES string of the molecule is C/C(CC(C)(C)O)=N\N=C(/N)c1ccccc1.I. The van der Waals surface area contributed by atoms with E-state index in [2.05, 4.69) is 10.2 Å². The van der Waals surface area contributed by atoms with Crippen LogP contribution in [0.15, 0.2) is 40.5 Å². The number of hydrogen-bond acceptors (Lipinski definition) is 3. The number of benzene rings is 1. The molecule has 0 heterocycles. The fraction of sp³-hybridized carbons (Fsp3) is 0.385. The third-order valence-electron chi connectivity index (χ3n) is 2.09. The summed E-state index contributed by atoms with van der Waals surface area (Å²) in [6.45, 7) is 5.28. The Morgan fingerprint density at radius 3 is 2.28 bits per heavy atom. The lowest BCUT2D eigenvalue weighted by Crippen LogP contribution is -2.22. The molecule has 1 aromatic rings. The van der Waals surface area contributed by atoms with Crippen molar-refractivity contribution in [2.24, 2.45) is 15.9 Å². The summed E-state index contributed by atoms with van der Waals surface area (Å²) in [5, 5.41) is 17.6. The van der Waals surface area contributed by atoms with E-state index in [1.807, 2.05) is 37.3 Å². The number of halogens is 1. The van der Waals surface area contributed by atoms with E-state index in [0.29, 0.717) is 12.3 Å². The van der Waals surface area contributed by atoms with Crippen LogP contribution < -0.4 is 5.73 Å². The number of nitrogens with two attached hydrogens (primary N) is 1. The Balaban J connectivity index is 0.00000289. The molecule has 4 nitrogen and oxygen atoms in total. The molecule has 0 amide bonds. The first kappa shape index (κ1) is 17.1. The van der Waals surface area contributed by atoms with Crippen LogP contribution in [0, 0.1) is 0 Å². The van der Waals surface area contributed by atoms with Crippen molar-refractivity contribution in [3.8, 4) is 0 Å². The largest absolute Gasteiger partial charge is 0.390 e. The molecule has 1 rings (SSSR count). The molecule has 3 N–H and O–H groups in total. The summed E-state index contributed by atoms with van der Waals surface area (Å²) >= 11 is 0. The van der Waals surface area contributed by atoms with Gasteiger partial charge in [-0.25, -0.2) is 0 Å². The van der Waals surface area contributed by atoms with Crippen LogP contribution >= 0.6 is 24.0 Å². The minimum absolute atomic E-state index is 0. The summed E-state index contributed by atoms with van der Waals surface area (Å²) in [5.41, 5.74) is 6.60. The molecule has 0 aliphatic rings. The van der Waals surface area contributed by atoms with E-state index in [-0.39, 0.29) is 24.0 Å². The van der Waals surface area contributed by atoms with Gasteiger partial charge in [0.15, 0.2) is 5.84 Å². The number of nitrogens with zero attached hydrogens (tertiary/aromatic N) is 2. The monoisotopic (exact) mass is 361 g/mol. The van der Waals surface area contributed by atoms with Gasteiger partial charge in [0.2, 0.25) is 0 Å². The third-order valence-corrected chi connectivity index (χ3v) is 2.09. The number of amidine groups is 1. The highest BCUT2D eigenvalue weighted by molar-refractivity contribution is 14.0. The fourth-order valence-electron chi connectivity index (χ4n) is 1.47. The maximum Gasteiger partial charge on any atom is 0.153 e. The first-order chi connectivity index (χ1) is 7.88. The van der Waals surface area contributed by atoms with Crippen molar-refractivity contribution in [3.63, 3.8) is 0 Å². The van der Waals surface area contributed by atoms with E-state index < -0.39 is 5.60 Å². The van der Waals surface area contributed by atoms with Gasteiger partial charge in [0, 0.05) is 17.7 Å². The molecular weight excluding hydrogens is 341 g/mol. The Kier molecular flexibility index (Phi) is 7.08. The van der Waals surface area contributed by atoms with Crippen molar-refractivity contribution < 1.29 is 5.11 Å². The predicted molar refractivity (Wildman–Crippen MR) is 86.6 cm³/mol. The molecule has 100 valence electrons. The molecule has 0 fully saturated rings. The highest BCUT2D eigenvalue weighted by Gasteiger charge is 2.13. The van der Waals surface area contributed by atoms with Gasteiger partial charge < -0.3 is 10.8 Å². The van der Waals surface area contributed by atoms with E-state index in [1.54, 1.807) is 13.8 Å². The summed E-state index contributed by atoms with van der Waals surface area (Å²) in [4.78, 5) is 0. The van der Waals surface area contributed by atoms with Crippen LogP contribution in [-0.2, 0) is 0 Å². The van der Waals surface area contributed by atoms with Gasteiger partial charge >= 0.3 is 0 Å². The number of aliphatic hydroxyl groups is 1. The first-order valence-electron chi connectivity index (χ1n) is 5.53. The van der Waals surface area contributed by atoms with Gasteiger partial charge in [0.05, 0.1) is 5.60 Å². The lowest BCUT2D eigenvalue weighted by Gasteiger charge is -2.15. The van der Waals surface area contributed by atoms with Gasteiger partial charge in [0.25, 0.3) is 0 Å². The maximum absolute atomic E-state index is 9.61. The van der Waals surface area contributed by atoms with Crippen molar-refractivity contribution >= 4 is 35.5 Å². The zero-order valence-electron chi connectivity index (χ0n) is 10.9. The Labute approximate surface area is 125 Å². The minimum Gasteiger partial charge on any atom is -0.390 e. The molecule has 18 heavy (non-hydrogen) atoms. The second kappa shape index (κ2) is 7.48. The summed E-state index contributed by atoms with van der Waals surface area (Å²) in [5.74, 6) is 0.376. The molecular formula is C13H20IN3O. The molecule has 0 spiro atoms. The van der Waals surface area contributed by atoms with Crippen LogP contribution in [0.5, 0.6) is 0 Å². The van der Waals surface area contributed by atoms with Gasteiger partial charge in [-0.3, -0.25) is 0 Å². The van der Waals surface area contributed by atoms with Crippen molar-refractivity contribution in [1.82, 2.24) is 0 Å². The normalized spacial score (nSPS) is 13.1. The average Bonchev–Trinajstić information content (AvgIpc) is 2.25. The average molecular weight is 361 g/mol. The predicted octanol–water partition coefficient (Wildman–Crippen LogP) is 2.55. The minimum atomic E-state index is -0.773. The van der Waals surface area contributed by atoms with Gasteiger partial charge in [-0.05, 0) is 20.8 Å². The molecule has 1 aromatic carbocycles. The van der Waals surface area contributed by atoms with Crippen LogP contribution in [0.3, 0.4) is 0 Å². The summed E-state index contributed by atoms with van der Waals surface area (Å²) < 4.78 is 0. The van der Waals surface area contributed by atoms with Crippen LogP contribution in [0.25, 0.3) is 0 Å². The second-order valence-electron chi connectivity index (χ2n) is 4.68. The van der Waals surface area contributed by atoms with Crippen LogP contribution in [0.1, 0.15) is 32.8 Å². The first-order valence-corrected chi connectivity index (χ1v) is 5.53. The van der Waals surface area contributed by atoms with E-state index in [1.165, 1.54) is 0 Å². The van der Waals surface area contributed by atoms with Crippen molar-refractivity contribution in [2.45, 2.75) is 32.8 Å². The quantitative estimate of drug-likeness (QED) is 0.375. The number of rotatable bonds is 4. The zero-order valence-corrected chi connectivity index (χ0v) is 13.3. The summed E-state index contributed by atoms with van der Waals surface area (Å²) in [7, 11) is 0. The van der Waals surface area contributed by atoms with Crippen molar-refractivity contribution in [1.29, 1.82) is 0 Å². The Bertz CT molecular complexity index is 422. The van der Waals surface area contributed by atoms with E-state index in [0.717, 1.165) is 11.3 Å².